The average Bonchev–Trinajstić information content (AvgIpc) is 2.37. The van der Waals surface area contributed by atoms with Crippen LogP contribution in [0, 0.1) is 11.3 Å². The zero-order valence-electron chi connectivity index (χ0n) is 10.7. The molecule has 8 heteroatoms. The first-order valence-corrected chi connectivity index (χ1v) is 6.51. The van der Waals surface area contributed by atoms with E-state index >= 15 is 0 Å². The molecule has 0 aliphatic rings. The minimum Gasteiger partial charge on any atom is -0.481 e. The van der Waals surface area contributed by atoms with Crippen molar-refractivity contribution in [2.75, 3.05) is 11.9 Å². The van der Waals surface area contributed by atoms with Crippen LogP contribution in [0.3, 0.4) is 0 Å². The first-order chi connectivity index (χ1) is 9.92. The third-order valence-corrected chi connectivity index (χ3v) is 2.67. The van der Waals surface area contributed by atoms with Gasteiger partial charge >= 0.3 is 5.97 Å². The molecule has 0 aliphatic carbocycles. The van der Waals surface area contributed by atoms with E-state index in [1.807, 2.05) is 0 Å². The molecule has 1 rings (SSSR count). The second kappa shape index (κ2) is 8.15. The van der Waals surface area contributed by atoms with E-state index in [0.29, 0.717) is 15.7 Å². The van der Waals surface area contributed by atoms with E-state index < -0.39 is 11.9 Å². The Labute approximate surface area is 131 Å². The molecular weight excluding hydrogens is 317 g/mol. The molecule has 0 saturated carbocycles. The fourth-order valence-electron chi connectivity index (χ4n) is 1.32. The third kappa shape index (κ3) is 6.17. The molecule has 110 valence electrons. The van der Waals surface area contributed by atoms with Crippen LogP contribution in [0.1, 0.15) is 6.42 Å². The highest BCUT2D eigenvalue weighted by Gasteiger charge is 2.09. The van der Waals surface area contributed by atoms with E-state index in [4.69, 9.17) is 33.6 Å². The standard InChI is InChI=1S/C13H11Cl2N3O3/c14-9-3-10(15)5-11(4-9)18-7-8(6-16)13(21)17-2-1-12(19)20/h3-5,7,18H,1-2H2,(H,17,21)(H,19,20)/b8-7-. The number of nitrogens with one attached hydrogen (secondary N) is 2. The highest BCUT2D eigenvalue weighted by molar-refractivity contribution is 6.35. The fraction of sp³-hybridized carbons (Fsp3) is 0.154. The first kappa shape index (κ1) is 16.8. The van der Waals surface area contributed by atoms with Gasteiger partial charge in [0.2, 0.25) is 0 Å². The lowest BCUT2D eigenvalue weighted by Crippen LogP contribution is -2.27. The third-order valence-electron chi connectivity index (χ3n) is 2.24. The summed E-state index contributed by atoms with van der Waals surface area (Å²) in [6, 6.07) is 6.40. The highest BCUT2D eigenvalue weighted by Crippen LogP contribution is 2.22. The number of halogens is 2. The molecule has 1 aromatic rings. The lowest BCUT2D eigenvalue weighted by molar-refractivity contribution is -0.136. The van der Waals surface area contributed by atoms with E-state index in [-0.39, 0.29) is 18.5 Å². The summed E-state index contributed by atoms with van der Waals surface area (Å²) >= 11 is 11.6. The summed E-state index contributed by atoms with van der Waals surface area (Å²) in [5.74, 6) is -1.70. The minimum absolute atomic E-state index is 0.0593. The number of rotatable bonds is 6. The van der Waals surface area contributed by atoms with E-state index in [1.54, 1.807) is 24.3 Å². The maximum atomic E-state index is 11.6. The molecule has 0 unspecified atom stereocenters. The number of nitriles is 1. The summed E-state index contributed by atoms with van der Waals surface area (Å²) in [6.07, 6.45) is 0.972. The number of aliphatic carboxylic acids is 1. The Hall–Kier alpha value is -2.23. The number of anilines is 1. The van der Waals surface area contributed by atoms with Gasteiger partial charge in [0.15, 0.2) is 0 Å². The number of nitrogens with zero attached hydrogens (tertiary/aromatic N) is 1. The number of carbonyl (C=O) groups excluding carboxylic acids is 1. The molecule has 0 heterocycles. The molecule has 0 radical (unpaired) electrons. The SMILES string of the molecule is N#C/C(=C/Nc1cc(Cl)cc(Cl)c1)C(=O)NCCC(=O)O. The monoisotopic (exact) mass is 327 g/mol. The predicted molar refractivity (Wildman–Crippen MR) is 79.0 cm³/mol. The van der Waals surface area contributed by atoms with Crippen LogP contribution in [-0.4, -0.2) is 23.5 Å². The molecule has 0 saturated heterocycles. The zero-order chi connectivity index (χ0) is 15.8. The van der Waals surface area contributed by atoms with Gasteiger partial charge in [-0.1, -0.05) is 23.2 Å². The largest absolute Gasteiger partial charge is 0.481 e. The number of hydrogen-bond donors (Lipinski definition) is 3. The Kier molecular flexibility index (Phi) is 6.53. The molecule has 6 nitrogen and oxygen atoms in total. The van der Waals surface area contributed by atoms with Crippen LogP contribution in [0.4, 0.5) is 5.69 Å². The van der Waals surface area contributed by atoms with Crippen LogP contribution < -0.4 is 10.6 Å². The summed E-state index contributed by atoms with van der Waals surface area (Å²) in [5, 5.41) is 23.2. The van der Waals surface area contributed by atoms with Crippen molar-refractivity contribution in [3.05, 3.63) is 40.0 Å². The molecule has 0 spiro atoms. The first-order valence-electron chi connectivity index (χ1n) is 5.75. The summed E-state index contributed by atoms with van der Waals surface area (Å²) in [6.45, 7) is -0.0593. The number of hydrogen-bond acceptors (Lipinski definition) is 4. The van der Waals surface area contributed by atoms with Gasteiger partial charge in [0.05, 0.1) is 6.42 Å². The van der Waals surface area contributed by atoms with Gasteiger partial charge in [0, 0.05) is 28.5 Å². The smallest absolute Gasteiger partial charge is 0.305 e. The fourth-order valence-corrected chi connectivity index (χ4v) is 1.85. The minimum atomic E-state index is -1.04. The second-order valence-corrected chi connectivity index (χ2v) is 4.74. The van der Waals surface area contributed by atoms with Crippen molar-refractivity contribution in [3.8, 4) is 6.07 Å². The lowest BCUT2D eigenvalue weighted by Gasteiger charge is -2.05. The summed E-state index contributed by atoms with van der Waals surface area (Å²) in [4.78, 5) is 22.0. The molecule has 0 aromatic heterocycles. The van der Waals surface area contributed by atoms with Crippen LogP contribution in [0.15, 0.2) is 30.0 Å². The van der Waals surface area contributed by atoms with E-state index in [2.05, 4.69) is 10.6 Å². The van der Waals surface area contributed by atoms with Gasteiger partial charge in [-0.3, -0.25) is 9.59 Å². The quantitative estimate of drug-likeness (QED) is 0.550. The Balaban J connectivity index is 2.69. The molecule has 21 heavy (non-hydrogen) atoms. The molecule has 1 amide bonds. The van der Waals surface area contributed by atoms with Crippen LogP contribution in [0.5, 0.6) is 0 Å². The van der Waals surface area contributed by atoms with E-state index in [9.17, 15) is 9.59 Å². The summed E-state index contributed by atoms with van der Waals surface area (Å²) in [7, 11) is 0. The normalized spacial score (nSPS) is 10.6. The maximum Gasteiger partial charge on any atom is 0.305 e. The van der Waals surface area contributed by atoms with Gasteiger partial charge in [-0.15, -0.1) is 0 Å². The van der Waals surface area contributed by atoms with Crippen molar-refractivity contribution in [2.24, 2.45) is 0 Å². The molecule has 1 aromatic carbocycles. The molecule has 0 aliphatic heterocycles. The van der Waals surface area contributed by atoms with Crippen LogP contribution in [0.2, 0.25) is 10.0 Å². The van der Waals surface area contributed by atoms with Crippen molar-refractivity contribution in [2.45, 2.75) is 6.42 Å². The van der Waals surface area contributed by atoms with Gasteiger partial charge in [-0.25, -0.2) is 0 Å². The zero-order valence-corrected chi connectivity index (χ0v) is 12.2. The summed E-state index contributed by atoms with van der Waals surface area (Å²) in [5.41, 5.74) is 0.315. The van der Waals surface area contributed by atoms with Crippen molar-refractivity contribution in [3.63, 3.8) is 0 Å². The van der Waals surface area contributed by atoms with Crippen LogP contribution in [-0.2, 0) is 9.59 Å². The Bertz CT molecular complexity index is 603. The summed E-state index contributed by atoms with van der Waals surface area (Å²) < 4.78 is 0. The molecule has 3 N–H and O–H groups in total. The molecule has 0 atom stereocenters. The van der Waals surface area contributed by atoms with E-state index in [0.717, 1.165) is 0 Å². The maximum absolute atomic E-state index is 11.6. The Morgan fingerprint density at radius 3 is 2.43 bits per heavy atom. The number of benzene rings is 1. The van der Waals surface area contributed by atoms with Crippen molar-refractivity contribution in [1.82, 2.24) is 5.32 Å². The molecular formula is C13H11Cl2N3O3. The number of carboxylic acids is 1. The lowest BCUT2D eigenvalue weighted by atomic mass is 10.2. The average molecular weight is 328 g/mol. The Morgan fingerprint density at radius 1 is 1.29 bits per heavy atom. The van der Waals surface area contributed by atoms with Gasteiger partial charge < -0.3 is 15.7 Å². The van der Waals surface area contributed by atoms with Gasteiger partial charge in [0.1, 0.15) is 11.6 Å². The van der Waals surface area contributed by atoms with Crippen molar-refractivity contribution in [1.29, 1.82) is 5.26 Å². The van der Waals surface area contributed by atoms with Gasteiger partial charge in [-0.05, 0) is 18.2 Å². The predicted octanol–water partition coefficient (Wildman–Crippen LogP) is 2.40. The Morgan fingerprint density at radius 2 is 1.90 bits per heavy atom. The van der Waals surface area contributed by atoms with Crippen molar-refractivity contribution < 1.29 is 14.7 Å². The second-order valence-electron chi connectivity index (χ2n) is 3.87. The van der Waals surface area contributed by atoms with Gasteiger partial charge in [-0.2, -0.15) is 5.26 Å². The number of carboxylic acid groups (broad SMARTS) is 1. The van der Waals surface area contributed by atoms with Crippen molar-refractivity contribution >= 4 is 40.8 Å². The highest BCUT2D eigenvalue weighted by atomic mass is 35.5. The van der Waals surface area contributed by atoms with E-state index in [1.165, 1.54) is 6.20 Å². The number of carbonyl (C=O) groups is 2. The molecule has 0 fully saturated rings. The van der Waals surface area contributed by atoms with Gasteiger partial charge in [0.25, 0.3) is 5.91 Å². The van der Waals surface area contributed by atoms with Crippen LogP contribution >= 0.6 is 23.2 Å². The van der Waals surface area contributed by atoms with Crippen LogP contribution in [0.25, 0.3) is 0 Å². The topological polar surface area (TPSA) is 102 Å². The number of amides is 1. The molecule has 0 bridgehead atoms.